The molecule has 1 atom stereocenters. The van der Waals surface area contributed by atoms with Crippen molar-refractivity contribution in [3.05, 3.63) is 0 Å². The van der Waals surface area contributed by atoms with Crippen molar-refractivity contribution in [2.24, 2.45) is 16.3 Å². The Balaban J connectivity index is 1.87. The standard InChI is InChI=1S/C13H26N4/c1-13(2)8-7-11(9-13)16-12(17-14)15-10-5-3-4-6-10/h10-11H,3-9,14H2,1-2H3,(H2,15,16,17). The maximum Gasteiger partial charge on any atom is 0.206 e. The summed E-state index contributed by atoms with van der Waals surface area (Å²) >= 11 is 0. The lowest BCUT2D eigenvalue weighted by molar-refractivity contribution is 0.371. The number of hydrogen-bond donors (Lipinski definition) is 3. The minimum absolute atomic E-state index is 0.463. The molecule has 2 fully saturated rings. The average Bonchev–Trinajstić information content (AvgIpc) is 2.87. The molecule has 4 heteroatoms. The van der Waals surface area contributed by atoms with Gasteiger partial charge in [-0.2, -0.15) is 0 Å². The number of nitrogens with one attached hydrogen (secondary N) is 2. The van der Waals surface area contributed by atoms with E-state index in [1.54, 1.807) is 0 Å². The molecule has 17 heavy (non-hydrogen) atoms. The fourth-order valence-corrected chi connectivity index (χ4v) is 3.08. The Bertz CT molecular complexity index is 279. The highest BCUT2D eigenvalue weighted by Crippen LogP contribution is 2.36. The molecule has 2 saturated carbocycles. The van der Waals surface area contributed by atoms with Crippen molar-refractivity contribution in [1.82, 2.24) is 10.7 Å². The van der Waals surface area contributed by atoms with Gasteiger partial charge in [0.25, 0.3) is 0 Å². The summed E-state index contributed by atoms with van der Waals surface area (Å²) in [6.07, 6.45) is 8.75. The van der Waals surface area contributed by atoms with E-state index in [9.17, 15) is 0 Å². The SMILES string of the molecule is CC1(C)CCC(NC(=NC2CCCC2)NN)C1. The van der Waals surface area contributed by atoms with E-state index in [1.807, 2.05) is 0 Å². The van der Waals surface area contributed by atoms with Crippen LogP contribution in [-0.4, -0.2) is 18.0 Å². The van der Waals surface area contributed by atoms with Crippen molar-refractivity contribution in [2.45, 2.75) is 70.9 Å². The van der Waals surface area contributed by atoms with Crippen LogP contribution in [0.1, 0.15) is 58.8 Å². The molecule has 0 heterocycles. The second-order valence-electron chi connectivity index (χ2n) is 6.31. The molecule has 0 aromatic rings. The lowest BCUT2D eigenvalue weighted by Gasteiger charge is -2.19. The van der Waals surface area contributed by atoms with Crippen LogP contribution >= 0.6 is 0 Å². The van der Waals surface area contributed by atoms with E-state index in [-0.39, 0.29) is 0 Å². The van der Waals surface area contributed by atoms with E-state index in [0.29, 0.717) is 17.5 Å². The first kappa shape index (κ1) is 12.7. The van der Waals surface area contributed by atoms with Crippen LogP contribution in [0, 0.1) is 5.41 Å². The predicted octanol–water partition coefficient (Wildman–Crippen LogP) is 1.92. The third-order valence-corrected chi connectivity index (χ3v) is 4.08. The summed E-state index contributed by atoms with van der Waals surface area (Å²) in [4.78, 5) is 4.67. The van der Waals surface area contributed by atoms with E-state index in [1.165, 1.54) is 44.9 Å². The molecular formula is C13H26N4. The normalized spacial score (nSPS) is 29.6. The van der Waals surface area contributed by atoms with Crippen LogP contribution in [0.25, 0.3) is 0 Å². The number of hydrogen-bond acceptors (Lipinski definition) is 2. The fraction of sp³-hybridized carbons (Fsp3) is 0.923. The van der Waals surface area contributed by atoms with Gasteiger partial charge in [-0.25, -0.2) is 10.8 Å². The van der Waals surface area contributed by atoms with Gasteiger partial charge in [0.1, 0.15) is 0 Å². The van der Waals surface area contributed by atoms with Crippen molar-refractivity contribution in [1.29, 1.82) is 0 Å². The molecule has 0 aromatic carbocycles. The summed E-state index contributed by atoms with van der Waals surface area (Å²) in [5, 5.41) is 3.46. The summed E-state index contributed by atoms with van der Waals surface area (Å²) in [5.41, 5.74) is 3.19. The van der Waals surface area contributed by atoms with Crippen LogP contribution in [-0.2, 0) is 0 Å². The van der Waals surface area contributed by atoms with Crippen LogP contribution in [0.2, 0.25) is 0 Å². The fourth-order valence-electron chi connectivity index (χ4n) is 3.08. The maximum absolute atomic E-state index is 5.55. The van der Waals surface area contributed by atoms with Crippen LogP contribution in [0.15, 0.2) is 4.99 Å². The van der Waals surface area contributed by atoms with Gasteiger partial charge in [0.15, 0.2) is 0 Å². The Labute approximate surface area is 104 Å². The number of aliphatic imine (C=N–C) groups is 1. The first-order valence-corrected chi connectivity index (χ1v) is 6.90. The minimum Gasteiger partial charge on any atom is -0.353 e. The molecule has 0 spiro atoms. The molecule has 0 radical (unpaired) electrons. The zero-order valence-corrected chi connectivity index (χ0v) is 11.1. The second kappa shape index (κ2) is 5.25. The Morgan fingerprint density at radius 2 is 1.94 bits per heavy atom. The predicted molar refractivity (Wildman–Crippen MR) is 71.6 cm³/mol. The Morgan fingerprint density at radius 1 is 1.24 bits per heavy atom. The van der Waals surface area contributed by atoms with Gasteiger partial charge in [-0.15, -0.1) is 0 Å². The Kier molecular flexibility index (Phi) is 3.92. The van der Waals surface area contributed by atoms with Gasteiger partial charge in [-0.05, 0) is 37.5 Å². The largest absolute Gasteiger partial charge is 0.353 e. The van der Waals surface area contributed by atoms with Crippen molar-refractivity contribution in [3.8, 4) is 0 Å². The van der Waals surface area contributed by atoms with E-state index in [4.69, 9.17) is 5.84 Å². The monoisotopic (exact) mass is 238 g/mol. The van der Waals surface area contributed by atoms with E-state index in [2.05, 4.69) is 29.6 Å². The van der Waals surface area contributed by atoms with Gasteiger partial charge in [-0.1, -0.05) is 26.7 Å². The second-order valence-corrected chi connectivity index (χ2v) is 6.31. The quantitative estimate of drug-likeness (QED) is 0.298. The molecule has 4 N–H and O–H groups in total. The molecule has 0 amide bonds. The van der Waals surface area contributed by atoms with Gasteiger partial charge in [0.2, 0.25) is 5.96 Å². The van der Waals surface area contributed by atoms with Gasteiger partial charge < -0.3 is 5.32 Å². The molecule has 98 valence electrons. The third kappa shape index (κ3) is 3.60. The number of nitrogens with zero attached hydrogens (tertiary/aromatic N) is 1. The lowest BCUT2D eigenvalue weighted by atomic mass is 9.92. The lowest BCUT2D eigenvalue weighted by Crippen LogP contribution is -2.46. The molecule has 2 aliphatic carbocycles. The highest BCUT2D eigenvalue weighted by molar-refractivity contribution is 5.79. The molecule has 0 bridgehead atoms. The summed E-state index contributed by atoms with van der Waals surface area (Å²) in [5.74, 6) is 6.34. The summed E-state index contributed by atoms with van der Waals surface area (Å²) < 4.78 is 0. The molecule has 0 aromatic heterocycles. The summed E-state index contributed by atoms with van der Waals surface area (Å²) in [6, 6.07) is 1.00. The zero-order valence-electron chi connectivity index (χ0n) is 11.1. The first-order chi connectivity index (χ1) is 8.09. The molecule has 0 saturated heterocycles. The van der Waals surface area contributed by atoms with Crippen LogP contribution < -0.4 is 16.6 Å². The summed E-state index contributed by atoms with van der Waals surface area (Å²) in [6.45, 7) is 4.66. The van der Waals surface area contributed by atoms with Gasteiger partial charge in [0, 0.05) is 6.04 Å². The van der Waals surface area contributed by atoms with Gasteiger partial charge in [-0.3, -0.25) is 5.43 Å². The van der Waals surface area contributed by atoms with Crippen LogP contribution in [0.4, 0.5) is 0 Å². The molecule has 1 unspecified atom stereocenters. The average molecular weight is 238 g/mol. The van der Waals surface area contributed by atoms with Gasteiger partial charge in [0.05, 0.1) is 6.04 Å². The van der Waals surface area contributed by atoms with Crippen molar-refractivity contribution in [3.63, 3.8) is 0 Å². The van der Waals surface area contributed by atoms with Crippen molar-refractivity contribution >= 4 is 5.96 Å². The van der Waals surface area contributed by atoms with E-state index < -0.39 is 0 Å². The topological polar surface area (TPSA) is 62.4 Å². The molecular weight excluding hydrogens is 212 g/mol. The highest BCUT2D eigenvalue weighted by atomic mass is 15.3. The van der Waals surface area contributed by atoms with Crippen molar-refractivity contribution < 1.29 is 0 Å². The summed E-state index contributed by atoms with van der Waals surface area (Å²) in [7, 11) is 0. The van der Waals surface area contributed by atoms with E-state index >= 15 is 0 Å². The zero-order chi connectivity index (χ0) is 12.3. The maximum atomic E-state index is 5.55. The molecule has 2 aliphatic rings. The number of hydrazine groups is 1. The number of nitrogens with two attached hydrogens (primary N) is 1. The minimum atomic E-state index is 0.463. The van der Waals surface area contributed by atoms with Crippen LogP contribution in [0.5, 0.6) is 0 Å². The smallest absolute Gasteiger partial charge is 0.206 e. The Hall–Kier alpha value is -0.770. The third-order valence-electron chi connectivity index (χ3n) is 4.08. The van der Waals surface area contributed by atoms with Crippen LogP contribution in [0.3, 0.4) is 0 Å². The van der Waals surface area contributed by atoms with E-state index in [0.717, 1.165) is 5.96 Å². The molecule has 0 aliphatic heterocycles. The molecule has 2 rings (SSSR count). The highest BCUT2D eigenvalue weighted by Gasteiger charge is 2.31. The number of rotatable bonds is 2. The van der Waals surface area contributed by atoms with Gasteiger partial charge >= 0.3 is 0 Å². The number of guanidine groups is 1. The Morgan fingerprint density at radius 3 is 2.47 bits per heavy atom. The first-order valence-electron chi connectivity index (χ1n) is 6.90. The van der Waals surface area contributed by atoms with Crippen molar-refractivity contribution in [2.75, 3.05) is 0 Å². The molecule has 4 nitrogen and oxygen atoms in total.